The molecule has 0 bridgehead atoms. The normalized spacial score (nSPS) is 26.9. The van der Waals surface area contributed by atoms with E-state index in [2.05, 4.69) is 15.1 Å². The lowest BCUT2D eigenvalue weighted by Gasteiger charge is -2.28. The third kappa shape index (κ3) is 1.72. The molecule has 0 saturated heterocycles. The number of nitrogens with zero attached hydrogens (tertiary/aromatic N) is 5. The molecule has 1 saturated carbocycles. The zero-order valence-corrected chi connectivity index (χ0v) is 7.95. The summed E-state index contributed by atoms with van der Waals surface area (Å²) in [6.07, 6.45) is 8.10. The quantitative estimate of drug-likeness (QED) is 0.402. The highest BCUT2D eigenvalue weighted by atomic mass is 15.3. The Morgan fingerprint density at radius 3 is 3.00 bits per heavy atom. The van der Waals surface area contributed by atoms with Crippen LogP contribution in [0.5, 0.6) is 0 Å². The number of rotatable bonds is 2. The van der Waals surface area contributed by atoms with Crippen LogP contribution >= 0.6 is 0 Å². The van der Waals surface area contributed by atoms with Crippen LogP contribution in [0, 0.1) is 0 Å². The molecule has 74 valence electrons. The van der Waals surface area contributed by atoms with E-state index in [0.29, 0.717) is 0 Å². The predicted molar refractivity (Wildman–Crippen MR) is 52.7 cm³/mol. The van der Waals surface area contributed by atoms with Gasteiger partial charge in [0.25, 0.3) is 0 Å². The van der Waals surface area contributed by atoms with Crippen molar-refractivity contribution < 1.29 is 0 Å². The second kappa shape index (κ2) is 4.15. The molecule has 5 nitrogen and oxygen atoms in total. The van der Waals surface area contributed by atoms with Crippen molar-refractivity contribution in [1.82, 2.24) is 9.78 Å². The van der Waals surface area contributed by atoms with Crippen LogP contribution in [-0.2, 0) is 0 Å². The molecular formula is C9H13N5. The average Bonchev–Trinajstić information content (AvgIpc) is 2.72. The molecule has 0 spiro atoms. The van der Waals surface area contributed by atoms with Crippen molar-refractivity contribution in [3.8, 4) is 0 Å². The van der Waals surface area contributed by atoms with Gasteiger partial charge in [0.15, 0.2) is 0 Å². The van der Waals surface area contributed by atoms with Crippen LogP contribution in [0.15, 0.2) is 23.6 Å². The first-order valence-corrected chi connectivity index (χ1v) is 4.95. The standard InChI is InChI=1S/C9H13N5/c10-13-12-8-4-1-2-5-9(8)14-7-3-6-11-14/h3,6-9H,1-2,4-5H2/t8-,9+/m1/s1. The van der Waals surface area contributed by atoms with Crippen LogP contribution in [-0.4, -0.2) is 15.8 Å². The van der Waals surface area contributed by atoms with E-state index in [0.717, 1.165) is 19.3 Å². The van der Waals surface area contributed by atoms with E-state index >= 15 is 0 Å². The van der Waals surface area contributed by atoms with E-state index in [1.807, 2.05) is 16.9 Å². The lowest BCUT2D eigenvalue weighted by atomic mass is 9.91. The molecule has 0 radical (unpaired) electrons. The first kappa shape index (κ1) is 9.09. The van der Waals surface area contributed by atoms with E-state index in [1.54, 1.807) is 6.20 Å². The van der Waals surface area contributed by atoms with Gasteiger partial charge in [0, 0.05) is 17.3 Å². The highest BCUT2D eigenvalue weighted by Crippen LogP contribution is 2.30. The Kier molecular flexibility index (Phi) is 2.70. The second-order valence-corrected chi connectivity index (χ2v) is 3.61. The molecule has 1 aromatic heterocycles. The lowest BCUT2D eigenvalue weighted by molar-refractivity contribution is 0.286. The average molecular weight is 191 g/mol. The minimum absolute atomic E-state index is 0.0775. The largest absolute Gasteiger partial charge is 0.269 e. The molecule has 1 aliphatic carbocycles. The molecule has 2 atom stereocenters. The van der Waals surface area contributed by atoms with Gasteiger partial charge in [-0.1, -0.05) is 18.0 Å². The number of aromatic nitrogens is 2. The maximum atomic E-state index is 8.46. The molecule has 0 N–H and O–H groups in total. The molecule has 0 unspecified atom stereocenters. The van der Waals surface area contributed by atoms with E-state index in [-0.39, 0.29) is 12.1 Å². The summed E-state index contributed by atoms with van der Waals surface area (Å²) >= 11 is 0. The topological polar surface area (TPSA) is 66.6 Å². The van der Waals surface area contributed by atoms with E-state index in [9.17, 15) is 0 Å². The van der Waals surface area contributed by atoms with Crippen LogP contribution in [0.2, 0.25) is 0 Å². The van der Waals surface area contributed by atoms with Crippen LogP contribution in [0.25, 0.3) is 10.4 Å². The van der Waals surface area contributed by atoms with E-state index in [1.165, 1.54) is 6.42 Å². The third-order valence-electron chi connectivity index (χ3n) is 2.76. The molecule has 14 heavy (non-hydrogen) atoms. The van der Waals surface area contributed by atoms with Gasteiger partial charge in [-0.05, 0) is 24.4 Å². The Morgan fingerprint density at radius 2 is 2.29 bits per heavy atom. The summed E-state index contributed by atoms with van der Waals surface area (Å²) in [6.45, 7) is 0. The maximum absolute atomic E-state index is 8.46. The Morgan fingerprint density at radius 1 is 1.43 bits per heavy atom. The summed E-state index contributed by atoms with van der Waals surface area (Å²) in [5, 5.41) is 8.05. The van der Waals surface area contributed by atoms with Gasteiger partial charge in [-0.25, -0.2) is 0 Å². The molecule has 1 aliphatic rings. The molecule has 0 amide bonds. The summed E-state index contributed by atoms with van der Waals surface area (Å²) in [6, 6.07) is 2.24. The third-order valence-corrected chi connectivity index (χ3v) is 2.76. The van der Waals surface area contributed by atoms with Crippen LogP contribution in [0.3, 0.4) is 0 Å². The number of hydrogen-bond acceptors (Lipinski definition) is 2. The zero-order chi connectivity index (χ0) is 9.80. The Labute approximate surface area is 82.4 Å². The fraction of sp³-hybridized carbons (Fsp3) is 0.667. The number of azide groups is 1. The first-order chi connectivity index (χ1) is 6.92. The summed E-state index contributed by atoms with van der Waals surface area (Å²) in [7, 11) is 0. The smallest absolute Gasteiger partial charge is 0.0603 e. The van der Waals surface area contributed by atoms with Crippen molar-refractivity contribution >= 4 is 0 Å². The molecule has 1 fully saturated rings. The molecule has 0 aromatic carbocycles. The van der Waals surface area contributed by atoms with Gasteiger partial charge in [0.1, 0.15) is 0 Å². The van der Waals surface area contributed by atoms with Gasteiger partial charge in [-0.15, -0.1) is 0 Å². The molecule has 5 heteroatoms. The highest BCUT2D eigenvalue weighted by molar-refractivity contribution is 4.89. The fourth-order valence-electron chi connectivity index (χ4n) is 2.08. The van der Waals surface area contributed by atoms with Crippen LogP contribution < -0.4 is 0 Å². The zero-order valence-electron chi connectivity index (χ0n) is 7.95. The first-order valence-electron chi connectivity index (χ1n) is 4.95. The van der Waals surface area contributed by atoms with Crippen molar-refractivity contribution in [1.29, 1.82) is 0 Å². The van der Waals surface area contributed by atoms with Gasteiger partial charge < -0.3 is 0 Å². The summed E-state index contributed by atoms with van der Waals surface area (Å²) in [4.78, 5) is 2.90. The Hall–Kier alpha value is -1.48. The molecule has 1 heterocycles. The minimum Gasteiger partial charge on any atom is -0.269 e. The van der Waals surface area contributed by atoms with Gasteiger partial charge in [0.2, 0.25) is 0 Å². The Balaban J connectivity index is 2.18. The van der Waals surface area contributed by atoms with Crippen molar-refractivity contribution in [3.05, 3.63) is 28.9 Å². The number of hydrogen-bond donors (Lipinski definition) is 0. The molecule has 1 aromatic rings. The molecule has 2 rings (SSSR count). The summed E-state index contributed by atoms with van der Waals surface area (Å²) < 4.78 is 1.92. The minimum atomic E-state index is 0.0775. The fourth-order valence-corrected chi connectivity index (χ4v) is 2.08. The second-order valence-electron chi connectivity index (χ2n) is 3.61. The van der Waals surface area contributed by atoms with Crippen molar-refractivity contribution in [2.75, 3.05) is 0 Å². The monoisotopic (exact) mass is 191 g/mol. The lowest BCUT2D eigenvalue weighted by Crippen LogP contribution is -2.26. The van der Waals surface area contributed by atoms with Crippen LogP contribution in [0.4, 0.5) is 0 Å². The molecular weight excluding hydrogens is 178 g/mol. The Bertz CT molecular complexity index is 325. The van der Waals surface area contributed by atoms with E-state index < -0.39 is 0 Å². The maximum Gasteiger partial charge on any atom is 0.0603 e. The van der Waals surface area contributed by atoms with Gasteiger partial charge in [-0.2, -0.15) is 5.10 Å². The van der Waals surface area contributed by atoms with Gasteiger partial charge >= 0.3 is 0 Å². The van der Waals surface area contributed by atoms with Gasteiger partial charge in [0.05, 0.1) is 12.1 Å². The SMILES string of the molecule is [N-]=[N+]=N[C@@H]1CCCC[C@@H]1n1cccn1. The van der Waals surface area contributed by atoms with E-state index in [4.69, 9.17) is 5.53 Å². The van der Waals surface area contributed by atoms with Crippen molar-refractivity contribution in [2.45, 2.75) is 37.8 Å². The van der Waals surface area contributed by atoms with Crippen LogP contribution in [0.1, 0.15) is 31.7 Å². The van der Waals surface area contributed by atoms with Crippen molar-refractivity contribution in [2.24, 2.45) is 5.11 Å². The highest BCUT2D eigenvalue weighted by Gasteiger charge is 2.25. The van der Waals surface area contributed by atoms with Crippen molar-refractivity contribution in [3.63, 3.8) is 0 Å². The summed E-state index contributed by atoms with van der Waals surface area (Å²) in [5.74, 6) is 0. The summed E-state index contributed by atoms with van der Waals surface area (Å²) in [5.41, 5.74) is 8.46. The van der Waals surface area contributed by atoms with Gasteiger partial charge in [-0.3, -0.25) is 4.68 Å². The molecule has 0 aliphatic heterocycles. The predicted octanol–water partition coefficient (Wildman–Crippen LogP) is 2.68.